The number of fused-ring (bicyclic) bond motifs is 1. The molecule has 1 aromatic carbocycles. The molecule has 0 saturated carbocycles. The van der Waals surface area contributed by atoms with E-state index in [0.29, 0.717) is 18.2 Å². The third-order valence-corrected chi connectivity index (χ3v) is 5.83. The summed E-state index contributed by atoms with van der Waals surface area (Å²) in [4.78, 5) is 24.7. The van der Waals surface area contributed by atoms with Crippen LogP contribution in [0.3, 0.4) is 0 Å². The summed E-state index contributed by atoms with van der Waals surface area (Å²) in [5, 5.41) is 6.35. The van der Waals surface area contributed by atoms with Gasteiger partial charge in [0, 0.05) is 31.1 Å². The van der Waals surface area contributed by atoms with Gasteiger partial charge in [-0.25, -0.2) is 9.97 Å². The van der Waals surface area contributed by atoms with E-state index in [9.17, 15) is 4.79 Å². The highest BCUT2D eigenvalue weighted by Crippen LogP contribution is 2.36. The summed E-state index contributed by atoms with van der Waals surface area (Å²) < 4.78 is 5.22. The van der Waals surface area contributed by atoms with Crippen LogP contribution in [0.15, 0.2) is 35.7 Å². The Morgan fingerprint density at radius 2 is 1.96 bits per heavy atom. The number of nitrogens with zero attached hydrogens (tertiary/aromatic N) is 3. The number of benzene rings is 1. The lowest BCUT2D eigenvalue weighted by Gasteiger charge is -2.26. The molecule has 1 N–H and O–H groups in total. The normalized spacial score (nSPS) is 14.4. The molecule has 0 aliphatic carbocycles. The maximum atomic E-state index is 12.6. The first-order valence-corrected chi connectivity index (χ1v) is 10.5. The highest BCUT2D eigenvalue weighted by molar-refractivity contribution is 7.17. The number of carbonyl (C=O) groups is 1. The van der Waals surface area contributed by atoms with Crippen LogP contribution in [0.5, 0.6) is 0 Å². The standard InChI is InChI=1S/C21H24N4O2S/c1-27-13-17-23-20(22-12-18(26)25-10-6-3-7-11-25)19-16(14-28-21(19)24-17)15-8-4-2-5-9-15/h2,4-5,8-9,14H,3,6-7,10-13H2,1H3,(H,22,23,24). The molecule has 6 nitrogen and oxygen atoms in total. The lowest BCUT2D eigenvalue weighted by atomic mass is 10.1. The monoisotopic (exact) mass is 396 g/mol. The largest absolute Gasteiger partial charge is 0.377 e. The van der Waals surface area contributed by atoms with Gasteiger partial charge in [-0.2, -0.15) is 0 Å². The van der Waals surface area contributed by atoms with Crippen molar-refractivity contribution in [1.82, 2.24) is 14.9 Å². The van der Waals surface area contributed by atoms with Crippen LogP contribution in [0.4, 0.5) is 5.82 Å². The fourth-order valence-electron chi connectivity index (χ4n) is 3.55. The molecule has 4 rings (SSSR count). The van der Waals surface area contributed by atoms with Gasteiger partial charge in [0.1, 0.15) is 17.3 Å². The van der Waals surface area contributed by atoms with E-state index in [1.165, 1.54) is 6.42 Å². The Hall–Kier alpha value is -2.51. The van der Waals surface area contributed by atoms with E-state index >= 15 is 0 Å². The summed E-state index contributed by atoms with van der Waals surface area (Å²) >= 11 is 1.58. The Bertz CT molecular complexity index is 952. The minimum atomic E-state index is 0.122. The number of anilines is 1. The number of ether oxygens (including phenoxy) is 1. The number of carbonyl (C=O) groups excluding carboxylic acids is 1. The summed E-state index contributed by atoms with van der Waals surface area (Å²) in [5.74, 6) is 1.43. The number of amides is 1. The van der Waals surface area contributed by atoms with Crippen LogP contribution in [-0.4, -0.2) is 47.5 Å². The Labute approximate surface area is 168 Å². The molecule has 0 bridgehead atoms. The molecule has 3 aromatic rings. The number of likely N-dealkylation sites (tertiary alicyclic amines) is 1. The SMILES string of the molecule is COCc1nc(NCC(=O)N2CCCCC2)c2c(-c3ccccc3)csc2n1. The molecule has 0 radical (unpaired) electrons. The molecule has 2 aromatic heterocycles. The average Bonchev–Trinajstić information content (AvgIpc) is 3.17. The lowest BCUT2D eigenvalue weighted by molar-refractivity contribution is -0.130. The first-order valence-electron chi connectivity index (χ1n) is 9.60. The molecule has 1 aliphatic rings. The fraction of sp³-hybridized carbons (Fsp3) is 0.381. The molecule has 3 heterocycles. The molecule has 1 fully saturated rings. The molecular weight excluding hydrogens is 372 g/mol. The minimum absolute atomic E-state index is 0.122. The predicted molar refractivity (Wildman–Crippen MR) is 112 cm³/mol. The number of hydrogen-bond donors (Lipinski definition) is 1. The molecule has 1 aliphatic heterocycles. The third-order valence-electron chi connectivity index (χ3n) is 4.95. The average molecular weight is 397 g/mol. The van der Waals surface area contributed by atoms with Gasteiger partial charge >= 0.3 is 0 Å². The van der Waals surface area contributed by atoms with Crippen molar-refractivity contribution >= 4 is 33.3 Å². The summed E-state index contributed by atoms with van der Waals surface area (Å²) in [5.41, 5.74) is 2.19. The predicted octanol–water partition coefficient (Wildman–Crippen LogP) is 3.93. The first kappa shape index (κ1) is 18.8. The van der Waals surface area contributed by atoms with Crippen molar-refractivity contribution in [2.75, 3.05) is 32.1 Å². The second kappa shape index (κ2) is 8.67. The maximum absolute atomic E-state index is 12.6. The van der Waals surface area contributed by atoms with Crippen LogP contribution in [0, 0.1) is 0 Å². The fourth-order valence-corrected chi connectivity index (χ4v) is 4.52. The van der Waals surface area contributed by atoms with Gasteiger partial charge in [-0.1, -0.05) is 30.3 Å². The molecular formula is C21H24N4O2S. The van der Waals surface area contributed by atoms with Crippen molar-refractivity contribution in [2.45, 2.75) is 25.9 Å². The van der Waals surface area contributed by atoms with Gasteiger partial charge in [0.25, 0.3) is 0 Å². The van der Waals surface area contributed by atoms with Crippen molar-refractivity contribution < 1.29 is 9.53 Å². The molecule has 7 heteroatoms. The minimum Gasteiger partial charge on any atom is -0.377 e. The number of hydrogen-bond acceptors (Lipinski definition) is 6. The summed E-state index contributed by atoms with van der Waals surface area (Å²) in [6.45, 7) is 2.27. The second-order valence-corrected chi connectivity index (χ2v) is 7.77. The Morgan fingerprint density at radius 3 is 2.71 bits per heavy atom. The first-order chi connectivity index (χ1) is 13.8. The summed E-state index contributed by atoms with van der Waals surface area (Å²) in [7, 11) is 1.63. The van der Waals surface area contributed by atoms with Crippen molar-refractivity contribution in [3.05, 3.63) is 41.5 Å². The Balaban J connectivity index is 1.66. The summed E-state index contributed by atoms with van der Waals surface area (Å²) in [6.07, 6.45) is 3.38. The van der Waals surface area contributed by atoms with Crippen molar-refractivity contribution in [1.29, 1.82) is 0 Å². The number of aromatic nitrogens is 2. The molecule has 28 heavy (non-hydrogen) atoms. The second-order valence-electron chi connectivity index (χ2n) is 6.91. The smallest absolute Gasteiger partial charge is 0.241 e. The van der Waals surface area contributed by atoms with E-state index in [-0.39, 0.29) is 12.5 Å². The van der Waals surface area contributed by atoms with Crippen molar-refractivity contribution in [3.8, 4) is 11.1 Å². The number of rotatable bonds is 6. The van der Waals surface area contributed by atoms with E-state index in [0.717, 1.165) is 47.3 Å². The Morgan fingerprint density at radius 1 is 1.18 bits per heavy atom. The molecule has 0 atom stereocenters. The van der Waals surface area contributed by atoms with Crippen LogP contribution < -0.4 is 5.32 Å². The molecule has 0 spiro atoms. The van der Waals surface area contributed by atoms with E-state index in [2.05, 4.69) is 32.8 Å². The van der Waals surface area contributed by atoms with Gasteiger partial charge in [-0.15, -0.1) is 11.3 Å². The van der Waals surface area contributed by atoms with E-state index < -0.39 is 0 Å². The third kappa shape index (κ3) is 4.00. The Kier molecular flexibility index (Phi) is 5.83. The van der Waals surface area contributed by atoms with Gasteiger partial charge in [0.05, 0.1) is 11.9 Å². The zero-order valence-electron chi connectivity index (χ0n) is 16.0. The van der Waals surface area contributed by atoms with E-state index in [4.69, 9.17) is 4.74 Å². The van der Waals surface area contributed by atoms with Crippen LogP contribution in [0.2, 0.25) is 0 Å². The number of nitrogens with one attached hydrogen (secondary N) is 1. The van der Waals surface area contributed by atoms with Crippen LogP contribution in [0.1, 0.15) is 25.1 Å². The zero-order valence-corrected chi connectivity index (χ0v) is 16.8. The highest BCUT2D eigenvalue weighted by Gasteiger charge is 2.19. The van der Waals surface area contributed by atoms with Crippen molar-refractivity contribution in [3.63, 3.8) is 0 Å². The van der Waals surface area contributed by atoms with Crippen LogP contribution >= 0.6 is 11.3 Å². The maximum Gasteiger partial charge on any atom is 0.241 e. The van der Waals surface area contributed by atoms with Crippen molar-refractivity contribution in [2.24, 2.45) is 0 Å². The van der Waals surface area contributed by atoms with Crippen LogP contribution in [-0.2, 0) is 16.1 Å². The quantitative estimate of drug-likeness (QED) is 0.684. The number of thiophene rings is 1. The van der Waals surface area contributed by atoms with E-state index in [1.807, 2.05) is 23.1 Å². The molecule has 1 saturated heterocycles. The van der Waals surface area contributed by atoms with Gasteiger partial charge in [-0.3, -0.25) is 4.79 Å². The number of piperidine rings is 1. The summed E-state index contributed by atoms with van der Waals surface area (Å²) in [6, 6.07) is 10.2. The number of methoxy groups -OCH3 is 1. The molecule has 0 unspecified atom stereocenters. The van der Waals surface area contributed by atoms with Gasteiger partial charge in [-0.05, 0) is 24.8 Å². The van der Waals surface area contributed by atoms with Crippen LogP contribution in [0.25, 0.3) is 21.3 Å². The zero-order chi connectivity index (χ0) is 19.3. The van der Waals surface area contributed by atoms with Gasteiger partial charge < -0.3 is 15.0 Å². The molecule has 146 valence electrons. The lowest BCUT2D eigenvalue weighted by Crippen LogP contribution is -2.39. The molecule has 1 amide bonds. The topological polar surface area (TPSA) is 67.3 Å². The van der Waals surface area contributed by atoms with Gasteiger partial charge in [0.15, 0.2) is 5.82 Å². The van der Waals surface area contributed by atoms with Gasteiger partial charge in [0.2, 0.25) is 5.91 Å². The highest BCUT2D eigenvalue weighted by atomic mass is 32.1. The van der Waals surface area contributed by atoms with E-state index in [1.54, 1.807) is 18.4 Å².